The summed E-state index contributed by atoms with van der Waals surface area (Å²) in [6.07, 6.45) is -4.60. The molecule has 0 saturated carbocycles. The molecule has 0 amide bonds. The van der Waals surface area contributed by atoms with Gasteiger partial charge in [-0.3, -0.25) is 0 Å². The number of anilines is 2. The van der Waals surface area contributed by atoms with Gasteiger partial charge in [-0.15, -0.1) is 26.6 Å². The molecule has 11 heteroatoms. The van der Waals surface area contributed by atoms with Crippen LogP contribution in [0.3, 0.4) is 0 Å². The molecule has 0 spiro atoms. The first-order valence-electron chi connectivity index (χ1n) is 8.47. The zero-order chi connectivity index (χ0) is 19.3. The van der Waals surface area contributed by atoms with E-state index in [1.54, 1.807) is 18.3 Å². The van der Waals surface area contributed by atoms with Crippen LogP contribution in [-0.4, -0.2) is 51.0 Å². The average molecular weight is 397 g/mol. The van der Waals surface area contributed by atoms with Gasteiger partial charge >= 0.3 is 6.18 Å². The Labute approximate surface area is 157 Å². The van der Waals surface area contributed by atoms with Crippen molar-refractivity contribution >= 4 is 27.9 Å². The van der Waals surface area contributed by atoms with E-state index in [1.165, 1.54) is 0 Å². The van der Waals surface area contributed by atoms with Gasteiger partial charge in [0, 0.05) is 42.7 Å². The third-order valence-corrected chi connectivity index (χ3v) is 5.80. The van der Waals surface area contributed by atoms with Crippen LogP contribution in [-0.2, 0) is 6.18 Å². The number of aryl methyl sites for hydroxylation is 2. The first-order chi connectivity index (χ1) is 12.8. The van der Waals surface area contributed by atoms with E-state index in [4.69, 9.17) is 0 Å². The van der Waals surface area contributed by atoms with Gasteiger partial charge in [0.15, 0.2) is 16.6 Å². The molecule has 0 radical (unpaired) electrons. The van der Waals surface area contributed by atoms with Gasteiger partial charge in [0.25, 0.3) is 5.82 Å². The first kappa shape index (κ1) is 18.0. The maximum atomic E-state index is 13.2. The van der Waals surface area contributed by atoms with Gasteiger partial charge in [0.05, 0.1) is 5.69 Å². The highest BCUT2D eigenvalue weighted by Gasteiger charge is 2.38. The summed E-state index contributed by atoms with van der Waals surface area (Å²) in [5.41, 5.74) is 2.60. The second kappa shape index (κ2) is 6.32. The molecular formula is C16H18F3N7S. The van der Waals surface area contributed by atoms with E-state index in [-0.39, 0.29) is 5.65 Å². The van der Waals surface area contributed by atoms with Gasteiger partial charge in [0.1, 0.15) is 0 Å². The molecule has 0 bridgehead atoms. The van der Waals surface area contributed by atoms with Crippen LogP contribution in [0, 0.1) is 20.8 Å². The summed E-state index contributed by atoms with van der Waals surface area (Å²) in [4.78, 5) is 8.70. The lowest BCUT2D eigenvalue weighted by Crippen LogP contribution is -2.47. The topological polar surface area (TPSA) is 62.5 Å². The number of fused-ring (bicyclic) bond motifs is 1. The number of alkyl halides is 3. The van der Waals surface area contributed by atoms with Gasteiger partial charge in [0.2, 0.25) is 0 Å². The molecule has 0 N–H and O–H groups in total. The zero-order valence-corrected chi connectivity index (χ0v) is 15.9. The summed E-state index contributed by atoms with van der Waals surface area (Å²) < 4.78 is 40.4. The van der Waals surface area contributed by atoms with Crippen molar-refractivity contribution < 1.29 is 13.2 Å². The van der Waals surface area contributed by atoms with Crippen LogP contribution >= 0.6 is 11.3 Å². The molecule has 0 unspecified atom stereocenters. The molecule has 0 aliphatic carbocycles. The summed E-state index contributed by atoms with van der Waals surface area (Å²) in [7, 11) is 0. The van der Waals surface area contributed by atoms with Crippen molar-refractivity contribution in [2.75, 3.05) is 36.0 Å². The summed E-state index contributed by atoms with van der Waals surface area (Å²) in [5, 5.41) is 14.2. The maximum absolute atomic E-state index is 13.2. The SMILES string of the molecule is Cc1csc(N2CCN(c3nn4c(C(F)(F)F)nnc4c(C)c3C)CC2)n1. The van der Waals surface area contributed by atoms with Gasteiger partial charge in [-0.2, -0.15) is 17.7 Å². The number of halogens is 3. The van der Waals surface area contributed by atoms with E-state index < -0.39 is 12.0 Å². The Morgan fingerprint density at radius 1 is 0.963 bits per heavy atom. The van der Waals surface area contributed by atoms with Crippen LogP contribution in [0.5, 0.6) is 0 Å². The van der Waals surface area contributed by atoms with Crippen molar-refractivity contribution in [1.29, 1.82) is 0 Å². The predicted molar refractivity (Wildman–Crippen MR) is 96.5 cm³/mol. The number of rotatable bonds is 2. The van der Waals surface area contributed by atoms with Gasteiger partial charge in [-0.25, -0.2) is 4.98 Å². The first-order valence-corrected chi connectivity index (χ1v) is 9.35. The summed E-state index contributed by atoms with van der Waals surface area (Å²) in [5.74, 6) is -0.556. The third kappa shape index (κ3) is 3.09. The van der Waals surface area contributed by atoms with E-state index in [0.29, 0.717) is 24.5 Å². The Bertz CT molecular complexity index is 986. The lowest BCUT2D eigenvalue weighted by molar-refractivity contribution is -0.146. The lowest BCUT2D eigenvalue weighted by atomic mass is 10.1. The van der Waals surface area contributed by atoms with Crippen LogP contribution in [0.2, 0.25) is 0 Å². The van der Waals surface area contributed by atoms with Crippen molar-refractivity contribution in [2.24, 2.45) is 0 Å². The smallest absolute Gasteiger partial charge is 0.351 e. The van der Waals surface area contributed by atoms with Gasteiger partial charge < -0.3 is 9.80 Å². The highest BCUT2D eigenvalue weighted by molar-refractivity contribution is 7.13. The Morgan fingerprint density at radius 2 is 1.63 bits per heavy atom. The minimum absolute atomic E-state index is 0.139. The standard InChI is InChI=1S/C16H18F3N7S/c1-9-8-27-15(20-9)25-6-4-24(5-7-25)13-11(3)10(2)12-21-22-14(16(17,18)19)26(12)23-13/h8H,4-7H2,1-3H3. The van der Waals surface area contributed by atoms with Crippen LogP contribution in [0.1, 0.15) is 22.6 Å². The van der Waals surface area contributed by atoms with E-state index >= 15 is 0 Å². The third-order valence-electron chi connectivity index (χ3n) is 4.78. The highest BCUT2D eigenvalue weighted by atomic mass is 32.1. The molecule has 3 aromatic heterocycles. The molecule has 1 aliphatic rings. The summed E-state index contributed by atoms with van der Waals surface area (Å²) in [6.45, 7) is 8.34. The fraction of sp³-hybridized carbons (Fsp3) is 0.500. The Kier molecular flexibility index (Phi) is 4.21. The molecule has 27 heavy (non-hydrogen) atoms. The van der Waals surface area contributed by atoms with Crippen molar-refractivity contribution in [1.82, 2.24) is 24.8 Å². The largest absolute Gasteiger partial charge is 0.453 e. The summed E-state index contributed by atoms with van der Waals surface area (Å²) in [6, 6.07) is 0. The number of thiazole rings is 1. The molecule has 1 aliphatic heterocycles. The fourth-order valence-corrected chi connectivity index (χ4v) is 4.04. The van der Waals surface area contributed by atoms with Gasteiger partial charge in [-0.1, -0.05) is 0 Å². The molecule has 144 valence electrons. The van der Waals surface area contributed by atoms with E-state index in [9.17, 15) is 13.2 Å². The number of hydrogen-bond acceptors (Lipinski definition) is 7. The second-order valence-corrected chi connectivity index (χ2v) is 7.41. The molecule has 7 nitrogen and oxygen atoms in total. The zero-order valence-electron chi connectivity index (χ0n) is 15.1. The predicted octanol–water partition coefficient (Wildman–Crippen LogP) is 2.85. The number of aromatic nitrogens is 5. The molecule has 0 aromatic carbocycles. The van der Waals surface area contributed by atoms with E-state index in [2.05, 4.69) is 25.2 Å². The Morgan fingerprint density at radius 3 is 2.22 bits per heavy atom. The number of hydrogen-bond donors (Lipinski definition) is 0. The molecule has 4 heterocycles. The Hall–Kier alpha value is -2.43. The van der Waals surface area contributed by atoms with E-state index in [0.717, 1.165) is 34.0 Å². The van der Waals surface area contributed by atoms with Gasteiger partial charge in [-0.05, 0) is 20.8 Å². The van der Waals surface area contributed by atoms with Crippen molar-refractivity contribution in [3.63, 3.8) is 0 Å². The van der Waals surface area contributed by atoms with Crippen LogP contribution in [0.25, 0.3) is 5.65 Å². The van der Waals surface area contributed by atoms with Crippen molar-refractivity contribution in [3.8, 4) is 0 Å². The fourth-order valence-electron chi connectivity index (χ4n) is 3.19. The quantitative estimate of drug-likeness (QED) is 0.663. The minimum atomic E-state index is -4.60. The molecule has 1 saturated heterocycles. The molecule has 4 rings (SSSR count). The highest BCUT2D eigenvalue weighted by Crippen LogP contribution is 2.31. The maximum Gasteiger partial charge on any atom is 0.453 e. The molecule has 3 aromatic rings. The normalized spacial score (nSPS) is 15.8. The van der Waals surface area contributed by atoms with Crippen LogP contribution in [0.15, 0.2) is 5.38 Å². The van der Waals surface area contributed by atoms with Crippen molar-refractivity contribution in [2.45, 2.75) is 26.9 Å². The molecular weight excluding hydrogens is 379 g/mol. The molecule has 0 atom stereocenters. The van der Waals surface area contributed by atoms with E-state index in [1.807, 2.05) is 24.1 Å². The number of piperazine rings is 1. The molecule has 1 fully saturated rings. The number of nitrogens with zero attached hydrogens (tertiary/aromatic N) is 7. The second-order valence-electron chi connectivity index (χ2n) is 6.58. The summed E-state index contributed by atoms with van der Waals surface area (Å²) >= 11 is 1.60. The lowest BCUT2D eigenvalue weighted by Gasteiger charge is -2.36. The van der Waals surface area contributed by atoms with Crippen molar-refractivity contribution in [3.05, 3.63) is 28.0 Å². The van der Waals surface area contributed by atoms with Crippen LogP contribution < -0.4 is 9.80 Å². The average Bonchev–Trinajstić information content (AvgIpc) is 3.24. The monoisotopic (exact) mass is 397 g/mol. The van der Waals surface area contributed by atoms with Crippen LogP contribution in [0.4, 0.5) is 24.1 Å². The Balaban J connectivity index is 1.65. The minimum Gasteiger partial charge on any atom is -0.351 e.